The van der Waals surface area contributed by atoms with E-state index in [4.69, 9.17) is 5.26 Å². The molecule has 4 heteroatoms. The number of rotatable bonds is 2. The van der Waals surface area contributed by atoms with Gasteiger partial charge in [0.1, 0.15) is 11.9 Å². The van der Waals surface area contributed by atoms with Gasteiger partial charge in [-0.3, -0.25) is 4.98 Å². The first-order valence-corrected chi connectivity index (χ1v) is 6.08. The maximum absolute atomic E-state index is 13.5. The van der Waals surface area contributed by atoms with E-state index in [-0.39, 0.29) is 5.56 Å². The largest absolute Gasteiger partial charge is 0.354 e. The van der Waals surface area contributed by atoms with E-state index in [2.05, 4.69) is 10.3 Å². The second kappa shape index (κ2) is 4.98. The van der Waals surface area contributed by atoms with Crippen LogP contribution in [0.2, 0.25) is 0 Å². The number of halogens is 1. The second-order valence-electron chi connectivity index (χ2n) is 4.35. The summed E-state index contributed by atoms with van der Waals surface area (Å²) in [5, 5.41) is 12.8. The average molecular weight is 263 g/mol. The maximum atomic E-state index is 13.5. The van der Waals surface area contributed by atoms with E-state index in [1.165, 1.54) is 12.1 Å². The number of hydrogen-bond acceptors (Lipinski definition) is 3. The first kappa shape index (κ1) is 12.1. The van der Waals surface area contributed by atoms with Crippen molar-refractivity contribution < 1.29 is 4.39 Å². The number of hydrogen-bond donors (Lipinski definition) is 1. The van der Waals surface area contributed by atoms with Crippen LogP contribution >= 0.6 is 0 Å². The zero-order valence-electron chi connectivity index (χ0n) is 10.5. The summed E-state index contributed by atoms with van der Waals surface area (Å²) in [6.07, 6.45) is 1.69. The van der Waals surface area contributed by atoms with Crippen molar-refractivity contribution in [3.05, 3.63) is 66.1 Å². The molecule has 0 unspecified atom stereocenters. The Labute approximate surface area is 115 Å². The van der Waals surface area contributed by atoms with Crippen LogP contribution in [0.1, 0.15) is 5.56 Å². The molecule has 0 saturated carbocycles. The first-order valence-electron chi connectivity index (χ1n) is 6.08. The molecule has 0 atom stereocenters. The Morgan fingerprint density at radius 1 is 1.05 bits per heavy atom. The lowest BCUT2D eigenvalue weighted by Gasteiger charge is -2.07. The third-order valence-corrected chi connectivity index (χ3v) is 2.97. The topological polar surface area (TPSA) is 48.7 Å². The van der Waals surface area contributed by atoms with Crippen LogP contribution in [0.3, 0.4) is 0 Å². The monoisotopic (exact) mass is 263 g/mol. The molecule has 0 saturated heterocycles. The summed E-state index contributed by atoms with van der Waals surface area (Å²) < 4.78 is 13.5. The Hall–Kier alpha value is -2.93. The molecule has 0 radical (unpaired) electrons. The number of nitrogens with one attached hydrogen (secondary N) is 1. The van der Waals surface area contributed by atoms with Gasteiger partial charge >= 0.3 is 0 Å². The van der Waals surface area contributed by atoms with Crippen LogP contribution in [0.5, 0.6) is 0 Å². The number of aromatic nitrogens is 1. The predicted molar refractivity (Wildman–Crippen MR) is 76.1 cm³/mol. The standard InChI is InChI=1S/C16H10FN3/c17-15-8-13(6-5-12(15)9-18)20-14-7-11-3-1-2-4-16(11)19-10-14/h1-8,10,20H. The van der Waals surface area contributed by atoms with E-state index >= 15 is 0 Å². The summed E-state index contributed by atoms with van der Waals surface area (Å²) in [6, 6.07) is 15.9. The van der Waals surface area contributed by atoms with E-state index < -0.39 is 5.82 Å². The highest BCUT2D eigenvalue weighted by Gasteiger charge is 2.03. The molecule has 0 spiro atoms. The van der Waals surface area contributed by atoms with Crippen LogP contribution in [-0.4, -0.2) is 4.98 Å². The van der Waals surface area contributed by atoms with E-state index in [1.807, 2.05) is 30.3 Å². The number of nitriles is 1. The van der Waals surface area contributed by atoms with Gasteiger partial charge in [-0.1, -0.05) is 18.2 Å². The Morgan fingerprint density at radius 3 is 2.70 bits per heavy atom. The van der Waals surface area contributed by atoms with Crippen LogP contribution in [-0.2, 0) is 0 Å². The van der Waals surface area contributed by atoms with Crippen LogP contribution in [0, 0.1) is 17.1 Å². The van der Waals surface area contributed by atoms with E-state index in [1.54, 1.807) is 18.3 Å². The van der Waals surface area contributed by atoms with Gasteiger partial charge in [0.25, 0.3) is 0 Å². The molecule has 0 aliphatic heterocycles. The fourth-order valence-electron chi connectivity index (χ4n) is 1.99. The van der Waals surface area contributed by atoms with Crippen molar-refractivity contribution in [3.8, 4) is 6.07 Å². The normalized spacial score (nSPS) is 10.2. The molecule has 1 N–H and O–H groups in total. The van der Waals surface area contributed by atoms with Gasteiger partial charge in [-0.15, -0.1) is 0 Å². The minimum atomic E-state index is -0.536. The molecular weight excluding hydrogens is 253 g/mol. The number of benzene rings is 2. The highest BCUT2D eigenvalue weighted by molar-refractivity contribution is 5.82. The molecule has 3 nitrogen and oxygen atoms in total. The van der Waals surface area contributed by atoms with Crippen LogP contribution in [0.25, 0.3) is 10.9 Å². The maximum Gasteiger partial charge on any atom is 0.143 e. The third kappa shape index (κ3) is 2.29. The fourth-order valence-corrected chi connectivity index (χ4v) is 1.99. The number of fused-ring (bicyclic) bond motifs is 1. The highest BCUT2D eigenvalue weighted by atomic mass is 19.1. The molecule has 0 aliphatic rings. The number of nitrogens with zero attached hydrogens (tertiary/aromatic N) is 2. The molecular formula is C16H10FN3. The molecule has 0 amide bonds. The minimum absolute atomic E-state index is 0.0344. The zero-order valence-corrected chi connectivity index (χ0v) is 10.5. The van der Waals surface area contributed by atoms with Crippen LogP contribution in [0.4, 0.5) is 15.8 Å². The van der Waals surface area contributed by atoms with Gasteiger partial charge in [0.15, 0.2) is 0 Å². The zero-order chi connectivity index (χ0) is 13.9. The summed E-state index contributed by atoms with van der Waals surface area (Å²) in [4.78, 5) is 4.32. The van der Waals surface area contributed by atoms with Crippen molar-refractivity contribution in [2.45, 2.75) is 0 Å². The van der Waals surface area contributed by atoms with Gasteiger partial charge in [0, 0.05) is 11.1 Å². The minimum Gasteiger partial charge on any atom is -0.354 e. The molecule has 3 aromatic rings. The predicted octanol–water partition coefficient (Wildman–Crippen LogP) is 3.99. The third-order valence-electron chi connectivity index (χ3n) is 2.97. The van der Waals surface area contributed by atoms with Crippen LogP contribution < -0.4 is 5.32 Å². The molecule has 20 heavy (non-hydrogen) atoms. The summed E-state index contributed by atoms with van der Waals surface area (Å²) >= 11 is 0. The lowest BCUT2D eigenvalue weighted by Crippen LogP contribution is -1.93. The Balaban J connectivity index is 1.93. The molecule has 1 aromatic heterocycles. The Bertz CT molecular complexity index is 821. The average Bonchev–Trinajstić information content (AvgIpc) is 2.47. The summed E-state index contributed by atoms with van der Waals surface area (Å²) in [5.41, 5.74) is 2.29. The molecule has 0 fully saturated rings. The lowest BCUT2D eigenvalue weighted by molar-refractivity contribution is 0.624. The molecule has 3 rings (SSSR count). The van der Waals surface area contributed by atoms with Crippen molar-refractivity contribution >= 4 is 22.3 Å². The van der Waals surface area contributed by atoms with Gasteiger partial charge in [0.05, 0.1) is 23.0 Å². The van der Waals surface area contributed by atoms with E-state index in [0.29, 0.717) is 5.69 Å². The van der Waals surface area contributed by atoms with Crippen molar-refractivity contribution in [3.63, 3.8) is 0 Å². The molecule has 2 aromatic carbocycles. The van der Waals surface area contributed by atoms with Gasteiger partial charge in [-0.25, -0.2) is 4.39 Å². The van der Waals surface area contributed by atoms with Gasteiger partial charge < -0.3 is 5.32 Å². The summed E-state index contributed by atoms with van der Waals surface area (Å²) in [6.45, 7) is 0. The fraction of sp³-hybridized carbons (Fsp3) is 0. The van der Waals surface area contributed by atoms with Crippen molar-refractivity contribution in [1.82, 2.24) is 4.98 Å². The lowest BCUT2D eigenvalue weighted by atomic mass is 10.2. The SMILES string of the molecule is N#Cc1ccc(Nc2cnc3ccccc3c2)cc1F. The van der Waals surface area contributed by atoms with Crippen molar-refractivity contribution in [2.24, 2.45) is 0 Å². The first-order chi connectivity index (χ1) is 9.76. The van der Waals surface area contributed by atoms with E-state index in [0.717, 1.165) is 16.6 Å². The van der Waals surface area contributed by atoms with Crippen molar-refractivity contribution in [2.75, 3.05) is 5.32 Å². The van der Waals surface area contributed by atoms with Crippen molar-refractivity contribution in [1.29, 1.82) is 5.26 Å². The summed E-state index contributed by atoms with van der Waals surface area (Å²) in [5.74, 6) is -0.536. The second-order valence-corrected chi connectivity index (χ2v) is 4.35. The van der Waals surface area contributed by atoms with Crippen LogP contribution in [0.15, 0.2) is 54.7 Å². The molecule has 0 bridgehead atoms. The Morgan fingerprint density at radius 2 is 1.90 bits per heavy atom. The quantitative estimate of drug-likeness (QED) is 0.760. The van der Waals surface area contributed by atoms with Gasteiger partial charge in [0.2, 0.25) is 0 Å². The summed E-state index contributed by atoms with van der Waals surface area (Å²) in [7, 11) is 0. The van der Waals surface area contributed by atoms with Gasteiger partial charge in [-0.2, -0.15) is 5.26 Å². The number of anilines is 2. The molecule has 1 heterocycles. The molecule has 96 valence electrons. The number of para-hydroxylation sites is 1. The number of pyridine rings is 1. The van der Waals surface area contributed by atoms with Gasteiger partial charge in [-0.05, 0) is 30.3 Å². The van der Waals surface area contributed by atoms with E-state index in [9.17, 15) is 4.39 Å². The Kier molecular flexibility index (Phi) is 3.02. The molecule has 0 aliphatic carbocycles. The highest BCUT2D eigenvalue weighted by Crippen LogP contribution is 2.21. The smallest absolute Gasteiger partial charge is 0.143 e.